The van der Waals surface area contributed by atoms with Crippen molar-refractivity contribution in [3.63, 3.8) is 0 Å². The van der Waals surface area contributed by atoms with Crippen LogP contribution in [0.2, 0.25) is 5.02 Å². The number of hydrogen-bond donors (Lipinski definition) is 1. The van der Waals surface area contributed by atoms with Gasteiger partial charge in [0, 0.05) is 42.8 Å². The van der Waals surface area contributed by atoms with Gasteiger partial charge in [0.25, 0.3) is 5.91 Å². The number of carbonyl (C=O) groups excluding carboxylic acids is 1. The molecular formula is C23H24ClF3N2O5. The Labute approximate surface area is 199 Å². The van der Waals surface area contributed by atoms with Crippen LogP contribution < -0.4 is 9.47 Å². The Hall–Kier alpha value is -2.98. The van der Waals surface area contributed by atoms with Gasteiger partial charge in [-0.1, -0.05) is 23.7 Å². The first kappa shape index (κ1) is 25.6. The molecule has 34 heavy (non-hydrogen) atoms. The number of alkyl halides is 2. The predicted octanol–water partition coefficient (Wildman–Crippen LogP) is 4.04. The van der Waals surface area contributed by atoms with E-state index >= 15 is 0 Å². The highest BCUT2D eigenvalue weighted by molar-refractivity contribution is 6.30. The van der Waals surface area contributed by atoms with Crippen LogP contribution in [0.4, 0.5) is 13.2 Å². The summed E-state index contributed by atoms with van der Waals surface area (Å²) in [5, 5.41) is 8.62. The molecule has 0 aliphatic carbocycles. The fourth-order valence-electron chi connectivity index (χ4n) is 3.68. The average Bonchev–Trinajstić information content (AvgIpc) is 2.76. The van der Waals surface area contributed by atoms with Crippen LogP contribution in [-0.2, 0) is 16.1 Å². The topological polar surface area (TPSA) is 79.3 Å². The van der Waals surface area contributed by atoms with Crippen LogP contribution >= 0.6 is 11.6 Å². The summed E-state index contributed by atoms with van der Waals surface area (Å²) in [6, 6.07) is 9.64. The molecule has 1 N–H and O–H groups in total. The maximum atomic E-state index is 13.5. The summed E-state index contributed by atoms with van der Waals surface area (Å²) in [5.41, 5.74) is 0.956. The van der Waals surface area contributed by atoms with E-state index in [4.69, 9.17) is 21.4 Å². The van der Waals surface area contributed by atoms with Gasteiger partial charge in [-0.15, -0.1) is 0 Å². The minimum Gasteiger partial charge on any atom is -0.480 e. The third kappa shape index (κ3) is 6.32. The van der Waals surface area contributed by atoms with Gasteiger partial charge in [0.1, 0.15) is 5.82 Å². The van der Waals surface area contributed by atoms with Gasteiger partial charge in [0.15, 0.2) is 18.1 Å². The van der Waals surface area contributed by atoms with Crippen LogP contribution in [0, 0.1) is 5.82 Å². The standard InChI is InChI=1S/C23H24ClF3N2O5/c1-14-11-29(15(2)10-28(14)12-16-3-6-18(25)7-4-16)21(30)13-33-19-8-5-17(24)9-20(19)34-23(26,27)22(31)32/h3-9,14-15H,10-13H2,1-2H3,(H,31,32). The molecule has 0 saturated carbocycles. The molecule has 2 aromatic rings. The van der Waals surface area contributed by atoms with Crippen molar-refractivity contribution < 1.29 is 37.3 Å². The number of ether oxygens (including phenoxy) is 2. The molecule has 7 nitrogen and oxygen atoms in total. The molecule has 2 aromatic carbocycles. The summed E-state index contributed by atoms with van der Waals surface area (Å²) in [7, 11) is 0. The summed E-state index contributed by atoms with van der Waals surface area (Å²) in [6.45, 7) is 4.97. The van der Waals surface area contributed by atoms with Crippen molar-refractivity contribution in [2.24, 2.45) is 0 Å². The normalized spacial score (nSPS) is 19.1. The Kier molecular flexibility index (Phi) is 7.93. The molecule has 1 aliphatic heterocycles. The van der Waals surface area contributed by atoms with E-state index in [-0.39, 0.29) is 34.6 Å². The van der Waals surface area contributed by atoms with Crippen molar-refractivity contribution >= 4 is 23.5 Å². The number of aliphatic carboxylic acids is 1. The van der Waals surface area contributed by atoms with Crippen LogP contribution in [0.3, 0.4) is 0 Å². The van der Waals surface area contributed by atoms with Gasteiger partial charge >= 0.3 is 12.1 Å². The zero-order valence-corrected chi connectivity index (χ0v) is 19.3. The van der Waals surface area contributed by atoms with E-state index in [0.717, 1.165) is 11.6 Å². The first-order chi connectivity index (χ1) is 16.0. The average molecular weight is 501 g/mol. The van der Waals surface area contributed by atoms with E-state index in [1.807, 2.05) is 13.8 Å². The van der Waals surface area contributed by atoms with Crippen LogP contribution in [0.1, 0.15) is 19.4 Å². The molecule has 0 radical (unpaired) electrons. The lowest BCUT2D eigenvalue weighted by Gasteiger charge is -2.44. The molecule has 3 rings (SSSR count). The number of nitrogens with zero attached hydrogens (tertiary/aromatic N) is 2. The molecule has 184 valence electrons. The first-order valence-electron chi connectivity index (χ1n) is 10.5. The number of benzene rings is 2. The third-order valence-corrected chi connectivity index (χ3v) is 5.71. The molecule has 1 fully saturated rings. The van der Waals surface area contributed by atoms with Crippen molar-refractivity contribution in [3.05, 3.63) is 58.9 Å². The number of carbonyl (C=O) groups is 2. The van der Waals surface area contributed by atoms with Gasteiger partial charge in [0.05, 0.1) is 0 Å². The molecular weight excluding hydrogens is 477 g/mol. The lowest BCUT2D eigenvalue weighted by molar-refractivity contribution is -0.211. The highest BCUT2D eigenvalue weighted by Crippen LogP contribution is 2.34. The number of piperazine rings is 1. The third-order valence-electron chi connectivity index (χ3n) is 5.48. The number of hydrogen-bond acceptors (Lipinski definition) is 5. The Morgan fingerprint density at radius 2 is 1.76 bits per heavy atom. The minimum absolute atomic E-state index is 0.00823. The maximum Gasteiger partial charge on any atom is 0.502 e. The second-order valence-corrected chi connectivity index (χ2v) is 8.54. The van der Waals surface area contributed by atoms with Crippen LogP contribution in [0.5, 0.6) is 11.5 Å². The van der Waals surface area contributed by atoms with Crippen LogP contribution in [0.15, 0.2) is 42.5 Å². The summed E-state index contributed by atoms with van der Waals surface area (Å²) in [6.07, 6.45) is -4.50. The zero-order valence-electron chi connectivity index (χ0n) is 18.5. The van der Waals surface area contributed by atoms with Crippen molar-refractivity contribution in [2.45, 2.75) is 38.6 Å². The summed E-state index contributed by atoms with van der Waals surface area (Å²) < 4.78 is 49.9. The maximum absolute atomic E-state index is 13.5. The smallest absolute Gasteiger partial charge is 0.480 e. The molecule has 1 amide bonds. The number of carboxylic acid groups (broad SMARTS) is 1. The minimum atomic E-state index is -4.50. The Balaban J connectivity index is 1.62. The van der Waals surface area contributed by atoms with Crippen molar-refractivity contribution in [3.8, 4) is 11.5 Å². The van der Waals surface area contributed by atoms with Crippen molar-refractivity contribution in [1.29, 1.82) is 0 Å². The Bertz CT molecular complexity index is 1040. The lowest BCUT2D eigenvalue weighted by atomic mass is 10.1. The first-order valence-corrected chi connectivity index (χ1v) is 10.8. The second kappa shape index (κ2) is 10.5. The number of rotatable bonds is 8. The van der Waals surface area contributed by atoms with Gasteiger partial charge in [-0.3, -0.25) is 9.69 Å². The number of carboxylic acids is 1. The summed E-state index contributed by atoms with van der Waals surface area (Å²) in [5.74, 6) is -3.99. The fraction of sp³-hybridized carbons (Fsp3) is 0.391. The number of amides is 1. The molecule has 0 aromatic heterocycles. The van der Waals surface area contributed by atoms with E-state index in [2.05, 4.69) is 9.64 Å². The lowest BCUT2D eigenvalue weighted by Crippen LogP contribution is -2.58. The Morgan fingerprint density at radius 1 is 1.09 bits per heavy atom. The van der Waals surface area contributed by atoms with E-state index in [1.54, 1.807) is 17.0 Å². The van der Waals surface area contributed by atoms with E-state index in [1.165, 1.54) is 24.3 Å². The van der Waals surface area contributed by atoms with Gasteiger partial charge in [0.2, 0.25) is 0 Å². The molecule has 2 unspecified atom stereocenters. The van der Waals surface area contributed by atoms with Crippen molar-refractivity contribution in [1.82, 2.24) is 9.80 Å². The molecule has 0 spiro atoms. The molecule has 1 aliphatic rings. The van der Waals surface area contributed by atoms with Gasteiger partial charge < -0.3 is 19.5 Å². The highest BCUT2D eigenvalue weighted by Gasteiger charge is 2.43. The molecule has 0 bridgehead atoms. The summed E-state index contributed by atoms with van der Waals surface area (Å²) >= 11 is 5.80. The SMILES string of the molecule is CC1CN(C(=O)COc2ccc(Cl)cc2OC(F)(F)C(=O)O)C(C)CN1Cc1ccc(F)cc1. The second-order valence-electron chi connectivity index (χ2n) is 8.10. The Morgan fingerprint density at radius 3 is 2.41 bits per heavy atom. The zero-order chi connectivity index (χ0) is 25.0. The monoisotopic (exact) mass is 500 g/mol. The number of halogens is 4. The van der Waals surface area contributed by atoms with Gasteiger partial charge in [-0.25, -0.2) is 9.18 Å². The van der Waals surface area contributed by atoms with Crippen molar-refractivity contribution in [2.75, 3.05) is 19.7 Å². The van der Waals surface area contributed by atoms with Crippen LogP contribution in [-0.4, -0.2) is 64.7 Å². The van der Waals surface area contributed by atoms with E-state index < -0.39 is 24.4 Å². The molecule has 1 saturated heterocycles. The molecule has 2 atom stereocenters. The molecule has 11 heteroatoms. The predicted molar refractivity (Wildman–Crippen MR) is 118 cm³/mol. The summed E-state index contributed by atoms with van der Waals surface area (Å²) in [4.78, 5) is 27.3. The highest BCUT2D eigenvalue weighted by atomic mass is 35.5. The van der Waals surface area contributed by atoms with E-state index in [9.17, 15) is 22.8 Å². The van der Waals surface area contributed by atoms with E-state index in [0.29, 0.717) is 19.6 Å². The van der Waals surface area contributed by atoms with Crippen LogP contribution in [0.25, 0.3) is 0 Å². The van der Waals surface area contributed by atoms with Gasteiger partial charge in [-0.2, -0.15) is 8.78 Å². The largest absolute Gasteiger partial charge is 0.502 e. The van der Waals surface area contributed by atoms with Gasteiger partial charge in [-0.05, 0) is 43.7 Å². The fourth-order valence-corrected chi connectivity index (χ4v) is 3.84. The molecule has 1 heterocycles. The quantitative estimate of drug-likeness (QED) is 0.589.